The maximum Gasteiger partial charge on any atom is 0.120 e. The van der Waals surface area contributed by atoms with E-state index in [2.05, 4.69) is 17.1 Å². The maximum atomic E-state index is 9.84. The lowest BCUT2D eigenvalue weighted by Crippen LogP contribution is -2.00. The van der Waals surface area contributed by atoms with Crippen molar-refractivity contribution in [1.82, 2.24) is 9.55 Å². The zero-order chi connectivity index (χ0) is 13.1. The van der Waals surface area contributed by atoms with Crippen molar-refractivity contribution in [1.29, 1.82) is 0 Å². The Balaban J connectivity index is 1.96. The van der Waals surface area contributed by atoms with Crippen molar-refractivity contribution in [3.05, 3.63) is 72.7 Å². The minimum atomic E-state index is 0.315. The van der Waals surface area contributed by atoms with E-state index in [9.17, 15) is 5.11 Å². The normalized spacial score (nSPS) is 10.5. The van der Waals surface area contributed by atoms with E-state index in [1.54, 1.807) is 12.4 Å². The lowest BCUT2D eigenvalue weighted by molar-refractivity contribution is 0.466. The van der Waals surface area contributed by atoms with Gasteiger partial charge in [-0.2, -0.15) is 0 Å². The largest absolute Gasteiger partial charge is 0.508 e. The van der Waals surface area contributed by atoms with Gasteiger partial charge >= 0.3 is 0 Å². The van der Waals surface area contributed by atoms with Crippen LogP contribution in [0.4, 0.5) is 0 Å². The highest BCUT2D eigenvalue weighted by atomic mass is 16.3. The fraction of sp³-hybridized carbons (Fsp3) is 0.0625. The summed E-state index contributed by atoms with van der Waals surface area (Å²) in [5, 5.41) is 9.84. The number of aromatic hydroxyl groups is 1. The number of rotatable bonds is 3. The average Bonchev–Trinajstić information content (AvgIpc) is 2.91. The first-order chi connectivity index (χ1) is 9.34. The standard InChI is InChI=1S/C16H14N2O/c19-16-9-5-4-8-14(16)11-18-12-17-10-15(18)13-6-2-1-3-7-13/h1-10,12,19H,11H2. The smallest absolute Gasteiger partial charge is 0.120 e. The third kappa shape index (κ3) is 2.36. The van der Waals surface area contributed by atoms with Crippen molar-refractivity contribution in [3.8, 4) is 17.0 Å². The molecule has 3 aromatic rings. The fourth-order valence-corrected chi connectivity index (χ4v) is 2.12. The molecule has 1 heterocycles. The molecular formula is C16H14N2O. The fourth-order valence-electron chi connectivity index (χ4n) is 2.12. The molecule has 3 heteroatoms. The van der Waals surface area contributed by atoms with E-state index in [-0.39, 0.29) is 0 Å². The predicted octanol–water partition coefficient (Wildman–Crippen LogP) is 3.30. The molecule has 0 spiro atoms. The summed E-state index contributed by atoms with van der Waals surface area (Å²) >= 11 is 0. The molecule has 3 nitrogen and oxygen atoms in total. The van der Waals surface area contributed by atoms with Gasteiger partial charge in [0, 0.05) is 5.56 Å². The van der Waals surface area contributed by atoms with Crippen LogP contribution in [0.5, 0.6) is 5.75 Å². The Bertz CT molecular complexity index is 674. The zero-order valence-corrected chi connectivity index (χ0v) is 10.4. The van der Waals surface area contributed by atoms with E-state index in [4.69, 9.17) is 0 Å². The van der Waals surface area contributed by atoms with Gasteiger partial charge in [-0.1, -0.05) is 48.5 Å². The third-order valence-corrected chi connectivity index (χ3v) is 3.11. The number of phenols is 1. The van der Waals surface area contributed by atoms with Crippen LogP contribution in [0.3, 0.4) is 0 Å². The molecule has 0 amide bonds. The molecule has 0 unspecified atom stereocenters. The van der Waals surface area contributed by atoms with E-state index in [1.807, 2.05) is 47.2 Å². The second-order valence-electron chi connectivity index (χ2n) is 4.40. The van der Waals surface area contributed by atoms with Crippen LogP contribution in [0.2, 0.25) is 0 Å². The van der Waals surface area contributed by atoms with Crippen LogP contribution in [0.1, 0.15) is 5.56 Å². The Morgan fingerprint density at radius 1 is 0.947 bits per heavy atom. The molecule has 0 aliphatic carbocycles. The highest BCUT2D eigenvalue weighted by molar-refractivity contribution is 5.58. The van der Waals surface area contributed by atoms with Crippen LogP contribution >= 0.6 is 0 Å². The number of aromatic nitrogens is 2. The molecule has 0 saturated heterocycles. The van der Waals surface area contributed by atoms with Gasteiger partial charge in [0.25, 0.3) is 0 Å². The SMILES string of the molecule is Oc1ccccc1Cn1cncc1-c1ccccc1. The first kappa shape index (κ1) is 11.5. The molecule has 0 bridgehead atoms. The third-order valence-electron chi connectivity index (χ3n) is 3.11. The van der Waals surface area contributed by atoms with Gasteiger partial charge < -0.3 is 9.67 Å². The van der Waals surface area contributed by atoms with E-state index in [0.29, 0.717) is 12.3 Å². The second-order valence-corrected chi connectivity index (χ2v) is 4.40. The van der Waals surface area contributed by atoms with Gasteiger partial charge in [-0.05, 0) is 11.6 Å². The second kappa shape index (κ2) is 4.98. The van der Waals surface area contributed by atoms with E-state index < -0.39 is 0 Å². The number of imidazole rings is 1. The number of phenolic OH excluding ortho intramolecular Hbond substituents is 1. The van der Waals surface area contributed by atoms with Crippen molar-refractivity contribution in [2.45, 2.75) is 6.54 Å². The topological polar surface area (TPSA) is 38.0 Å². The highest BCUT2D eigenvalue weighted by Gasteiger charge is 2.07. The van der Waals surface area contributed by atoms with Crippen molar-refractivity contribution in [3.63, 3.8) is 0 Å². The highest BCUT2D eigenvalue weighted by Crippen LogP contribution is 2.22. The minimum Gasteiger partial charge on any atom is -0.508 e. The first-order valence-corrected chi connectivity index (χ1v) is 6.17. The Hall–Kier alpha value is -2.55. The summed E-state index contributed by atoms with van der Waals surface area (Å²) in [5.74, 6) is 0.315. The van der Waals surface area contributed by atoms with Gasteiger partial charge in [-0.15, -0.1) is 0 Å². The molecule has 0 radical (unpaired) electrons. The van der Waals surface area contributed by atoms with Crippen molar-refractivity contribution < 1.29 is 5.11 Å². The lowest BCUT2D eigenvalue weighted by Gasteiger charge is -2.09. The summed E-state index contributed by atoms with van der Waals surface area (Å²) < 4.78 is 2.03. The van der Waals surface area contributed by atoms with Crippen LogP contribution < -0.4 is 0 Å². The van der Waals surface area contributed by atoms with E-state index in [1.165, 1.54) is 0 Å². The van der Waals surface area contributed by atoms with Crippen LogP contribution in [-0.4, -0.2) is 14.7 Å². The van der Waals surface area contributed by atoms with Gasteiger partial charge in [-0.25, -0.2) is 4.98 Å². The van der Waals surface area contributed by atoms with Gasteiger partial charge in [0.1, 0.15) is 5.75 Å². The van der Waals surface area contributed by atoms with E-state index >= 15 is 0 Å². The van der Waals surface area contributed by atoms with Crippen LogP contribution in [0, 0.1) is 0 Å². The first-order valence-electron chi connectivity index (χ1n) is 6.17. The van der Waals surface area contributed by atoms with Gasteiger partial charge in [-0.3, -0.25) is 0 Å². The van der Waals surface area contributed by atoms with Gasteiger partial charge in [0.2, 0.25) is 0 Å². The molecule has 1 N–H and O–H groups in total. The van der Waals surface area contributed by atoms with Crippen molar-refractivity contribution in [2.75, 3.05) is 0 Å². The molecule has 0 atom stereocenters. The summed E-state index contributed by atoms with van der Waals surface area (Å²) in [6.07, 6.45) is 3.63. The zero-order valence-electron chi connectivity index (χ0n) is 10.4. The maximum absolute atomic E-state index is 9.84. The average molecular weight is 250 g/mol. The summed E-state index contributed by atoms with van der Waals surface area (Å²) in [5.41, 5.74) is 3.05. The molecule has 94 valence electrons. The molecule has 1 aromatic heterocycles. The predicted molar refractivity (Wildman–Crippen MR) is 74.9 cm³/mol. The number of benzene rings is 2. The number of para-hydroxylation sites is 1. The van der Waals surface area contributed by atoms with E-state index in [0.717, 1.165) is 16.8 Å². The lowest BCUT2D eigenvalue weighted by atomic mass is 10.1. The molecule has 0 saturated carbocycles. The Morgan fingerprint density at radius 3 is 2.47 bits per heavy atom. The van der Waals surface area contributed by atoms with Gasteiger partial charge in [0.15, 0.2) is 0 Å². The molecule has 2 aromatic carbocycles. The van der Waals surface area contributed by atoms with Crippen LogP contribution in [0.15, 0.2) is 67.1 Å². The monoisotopic (exact) mass is 250 g/mol. The van der Waals surface area contributed by atoms with Gasteiger partial charge in [0.05, 0.1) is 24.8 Å². The quantitative estimate of drug-likeness (QED) is 0.774. The Morgan fingerprint density at radius 2 is 1.68 bits per heavy atom. The minimum absolute atomic E-state index is 0.315. The molecule has 3 rings (SSSR count). The molecular weight excluding hydrogens is 236 g/mol. The summed E-state index contributed by atoms with van der Waals surface area (Å²) in [4.78, 5) is 4.21. The summed E-state index contributed by atoms with van der Waals surface area (Å²) in [6.45, 7) is 0.608. The molecule has 19 heavy (non-hydrogen) atoms. The summed E-state index contributed by atoms with van der Waals surface area (Å²) in [6, 6.07) is 17.5. The number of nitrogens with zero attached hydrogens (tertiary/aromatic N) is 2. The van der Waals surface area contributed by atoms with Crippen molar-refractivity contribution >= 4 is 0 Å². The van der Waals surface area contributed by atoms with Crippen molar-refractivity contribution in [2.24, 2.45) is 0 Å². The Kier molecular flexibility index (Phi) is 3.02. The summed E-state index contributed by atoms with van der Waals surface area (Å²) in [7, 11) is 0. The molecule has 0 fully saturated rings. The van der Waals surface area contributed by atoms with Crippen LogP contribution in [0.25, 0.3) is 11.3 Å². The molecule has 0 aliphatic heterocycles. The number of hydrogen-bond donors (Lipinski definition) is 1. The Labute approximate surface area is 111 Å². The van der Waals surface area contributed by atoms with Crippen LogP contribution in [-0.2, 0) is 6.54 Å². The number of hydrogen-bond acceptors (Lipinski definition) is 2. The molecule has 0 aliphatic rings.